The van der Waals surface area contributed by atoms with E-state index in [0.717, 1.165) is 0 Å². The van der Waals surface area contributed by atoms with Crippen molar-refractivity contribution < 1.29 is 26.3 Å². The summed E-state index contributed by atoms with van der Waals surface area (Å²) in [5, 5.41) is 2.27. The lowest BCUT2D eigenvalue weighted by Crippen LogP contribution is -2.45. The third-order valence-corrected chi connectivity index (χ3v) is 2.62. The Morgan fingerprint density at radius 1 is 0.947 bits per heavy atom. The normalized spacial score (nSPS) is 14.7. The van der Waals surface area contributed by atoms with Gasteiger partial charge in [0, 0.05) is 0 Å². The highest BCUT2D eigenvalue weighted by molar-refractivity contribution is 5.20. The fraction of sp³-hybridized carbons (Fsp3) is 0.500. The molecule has 1 rings (SSSR count). The van der Waals surface area contributed by atoms with Crippen LogP contribution in [0.1, 0.15) is 18.5 Å². The quantitative estimate of drug-likeness (QED) is 0.822. The van der Waals surface area contributed by atoms with Crippen LogP contribution >= 0.6 is 0 Å². The summed E-state index contributed by atoms with van der Waals surface area (Å²) in [4.78, 5) is 0. The SMILES string of the molecule is CCNC(c1ccccc1)C(C(F)(F)F)C(F)(F)F. The van der Waals surface area contributed by atoms with E-state index in [-0.39, 0.29) is 12.1 Å². The molecule has 1 aromatic rings. The molecule has 0 aliphatic heterocycles. The Morgan fingerprint density at radius 3 is 1.79 bits per heavy atom. The topological polar surface area (TPSA) is 12.0 Å². The van der Waals surface area contributed by atoms with Gasteiger partial charge in [-0.25, -0.2) is 0 Å². The summed E-state index contributed by atoms with van der Waals surface area (Å²) >= 11 is 0. The van der Waals surface area contributed by atoms with Crippen LogP contribution in [0.15, 0.2) is 30.3 Å². The number of halogens is 6. The van der Waals surface area contributed by atoms with Gasteiger partial charge < -0.3 is 5.32 Å². The molecule has 7 heteroatoms. The van der Waals surface area contributed by atoms with Crippen molar-refractivity contribution in [3.8, 4) is 0 Å². The summed E-state index contributed by atoms with van der Waals surface area (Å²) < 4.78 is 76.3. The van der Waals surface area contributed by atoms with Crippen LogP contribution in [-0.4, -0.2) is 18.9 Å². The molecular weight excluding hydrogens is 272 g/mol. The van der Waals surface area contributed by atoms with Crippen molar-refractivity contribution in [2.75, 3.05) is 6.54 Å². The largest absolute Gasteiger partial charge is 0.402 e. The summed E-state index contributed by atoms with van der Waals surface area (Å²) in [6, 6.07) is 5.00. The van der Waals surface area contributed by atoms with E-state index in [1.54, 1.807) is 0 Å². The third kappa shape index (κ3) is 4.12. The lowest BCUT2D eigenvalue weighted by Gasteiger charge is -2.31. The molecule has 1 unspecified atom stereocenters. The molecule has 0 heterocycles. The van der Waals surface area contributed by atoms with E-state index in [1.807, 2.05) is 0 Å². The molecule has 0 saturated heterocycles. The lowest BCUT2D eigenvalue weighted by atomic mass is 9.91. The Bertz CT molecular complexity index is 369. The molecule has 0 aliphatic carbocycles. The number of hydrogen-bond acceptors (Lipinski definition) is 1. The predicted octanol–water partition coefficient (Wildman–Crippen LogP) is 4.08. The second kappa shape index (κ2) is 5.81. The van der Waals surface area contributed by atoms with Gasteiger partial charge in [-0.05, 0) is 12.1 Å². The average Bonchev–Trinajstić information content (AvgIpc) is 2.26. The van der Waals surface area contributed by atoms with Crippen LogP contribution in [0, 0.1) is 5.92 Å². The molecule has 108 valence electrons. The van der Waals surface area contributed by atoms with Crippen LogP contribution in [0.2, 0.25) is 0 Å². The minimum Gasteiger partial charge on any atom is -0.309 e. The van der Waals surface area contributed by atoms with Gasteiger partial charge in [-0.2, -0.15) is 26.3 Å². The first-order chi connectivity index (χ1) is 8.68. The van der Waals surface area contributed by atoms with Gasteiger partial charge in [-0.3, -0.25) is 0 Å². The molecule has 1 atom stereocenters. The van der Waals surface area contributed by atoms with Gasteiger partial charge in [0.25, 0.3) is 0 Å². The van der Waals surface area contributed by atoms with Crippen LogP contribution in [0.4, 0.5) is 26.3 Å². The minimum atomic E-state index is -5.36. The number of benzene rings is 1. The van der Waals surface area contributed by atoms with Gasteiger partial charge in [-0.15, -0.1) is 0 Å². The minimum absolute atomic E-state index is 0.00220. The summed E-state index contributed by atoms with van der Waals surface area (Å²) in [5.74, 6) is -3.43. The van der Waals surface area contributed by atoms with Gasteiger partial charge in [0.1, 0.15) is 0 Å². The fourth-order valence-corrected chi connectivity index (χ4v) is 1.87. The molecule has 0 radical (unpaired) electrons. The molecule has 0 amide bonds. The van der Waals surface area contributed by atoms with E-state index in [9.17, 15) is 26.3 Å². The van der Waals surface area contributed by atoms with Gasteiger partial charge in [0.15, 0.2) is 5.92 Å². The van der Waals surface area contributed by atoms with Crippen LogP contribution in [0.25, 0.3) is 0 Å². The van der Waals surface area contributed by atoms with Crippen molar-refractivity contribution in [2.45, 2.75) is 25.3 Å². The van der Waals surface area contributed by atoms with Crippen LogP contribution in [0.5, 0.6) is 0 Å². The molecule has 0 aliphatic rings. The second-order valence-electron chi connectivity index (χ2n) is 4.01. The number of alkyl halides is 6. The Labute approximate surface area is 106 Å². The maximum atomic E-state index is 12.7. The standard InChI is InChI=1S/C12H13F6N/c1-2-19-9(8-6-4-3-5-7-8)10(11(13,14)15)12(16,17)18/h3-7,9-10,19H,2H2,1H3. The van der Waals surface area contributed by atoms with Gasteiger partial charge in [-0.1, -0.05) is 37.3 Å². The monoisotopic (exact) mass is 285 g/mol. The van der Waals surface area contributed by atoms with Crippen molar-refractivity contribution in [3.63, 3.8) is 0 Å². The molecule has 0 aromatic heterocycles. The average molecular weight is 285 g/mol. The Balaban J connectivity index is 3.21. The van der Waals surface area contributed by atoms with Gasteiger partial charge >= 0.3 is 12.4 Å². The highest BCUT2D eigenvalue weighted by Gasteiger charge is 2.60. The number of nitrogens with one attached hydrogen (secondary N) is 1. The highest BCUT2D eigenvalue weighted by Crippen LogP contribution is 2.46. The first kappa shape index (κ1) is 15.8. The zero-order valence-electron chi connectivity index (χ0n) is 10.0. The Hall–Kier alpha value is -1.24. The van der Waals surface area contributed by atoms with E-state index in [0.29, 0.717) is 0 Å². The maximum absolute atomic E-state index is 12.7. The van der Waals surface area contributed by atoms with Crippen molar-refractivity contribution in [1.82, 2.24) is 5.32 Å². The smallest absolute Gasteiger partial charge is 0.309 e. The third-order valence-electron chi connectivity index (χ3n) is 2.62. The summed E-state index contributed by atoms with van der Waals surface area (Å²) in [5.41, 5.74) is -0.0380. The van der Waals surface area contributed by atoms with Crippen molar-refractivity contribution >= 4 is 0 Å². The summed E-state index contributed by atoms with van der Waals surface area (Å²) in [6.45, 7) is 1.46. The lowest BCUT2D eigenvalue weighted by molar-refractivity contribution is -0.292. The van der Waals surface area contributed by atoms with E-state index in [2.05, 4.69) is 5.32 Å². The molecule has 0 bridgehead atoms. The van der Waals surface area contributed by atoms with Crippen molar-refractivity contribution in [3.05, 3.63) is 35.9 Å². The first-order valence-electron chi connectivity index (χ1n) is 5.59. The van der Waals surface area contributed by atoms with Crippen LogP contribution in [0.3, 0.4) is 0 Å². The van der Waals surface area contributed by atoms with Crippen LogP contribution < -0.4 is 5.32 Å². The predicted molar refractivity (Wildman–Crippen MR) is 58.5 cm³/mol. The van der Waals surface area contributed by atoms with Gasteiger partial charge in [0.05, 0.1) is 6.04 Å². The first-order valence-corrected chi connectivity index (χ1v) is 5.59. The number of rotatable bonds is 4. The molecule has 1 aromatic carbocycles. The van der Waals surface area contributed by atoms with E-state index >= 15 is 0 Å². The highest BCUT2D eigenvalue weighted by atomic mass is 19.4. The molecule has 1 N–H and O–H groups in total. The molecule has 19 heavy (non-hydrogen) atoms. The van der Waals surface area contributed by atoms with E-state index in [4.69, 9.17) is 0 Å². The van der Waals surface area contributed by atoms with Crippen molar-refractivity contribution in [1.29, 1.82) is 0 Å². The molecule has 0 saturated carbocycles. The van der Waals surface area contributed by atoms with E-state index in [1.165, 1.54) is 37.3 Å². The summed E-state index contributed by atoms with van der Waals surface area (Å²) in [6.07, 6.45) is -10.7. The Kier molecular flexibility index (Phi) is 4.84. The van der Waals surface area contributed by atoms with Crippen LogP contribution in [-0.2, 0) is 0 Å². The molecule has 0 spiro atoms. The molecule has 1 nitrogen and oxygen atoms in total. The summed E-state index contributed by atoms with van der Waals surface area (Å²) in [7, 11) is 0. The number of hydrogen-bond donors (Lipinski definition) is 1. The van der Waals surface area contributed by atoms with Crippen molar-refractivity contribution in [2.24, 2.45) is 5.92 Å². The zero-order chi connectivity index (χ0) is 14.7. The Morgan fingerprint density at radius 2 is 1.42 bits per heavy atom. The zero-order valence-corrected chi connectivity index (χ0v) is 10.0. The van der Waals surface area contributed by atoms with E-state index < -0.39 is 24.3 Å². The maximum Gasteiger partial charge on any atom is 0.402 e. The molecular formula is C12H13F6N. The second-order valence-corrected chi connectivity index (χ2v) is 4.01. The fourth-order valence-electron chi connectivity index (χ4n) is 1.87. The van der Waals surface area contributed by atoms with Gasteiger partial charge in [0.2, 0.25) is 0 Å². The molecule has 0 fully saturated rings.